The molecule has 0 saturated carbocycles. The number of thiophene rings is 1. The Labute approximate surface area is 130 Å². The molecule has 0 spiro atoms. The van der Waals surface area contributed by atoms with Gasteiger partial charge in [-0.1, -0.05) is 48.6 Å². The zero-order valence-corrected chi connectivity index (χ0v) is 13.1. The van der Waals surface area contributed by atoms with Gasteiger partial charge in [0.2, 0.25) is 9.99 Å². The van der Waals surface area contributed by atoms with E-state index < -0.39 is 11.2 Å². The average Bonchev–Trinajstić information content (AvgIpc) is 2.84. The van der Waals surface area contributed by atoms with Gasteiger partial charge < -0.3 is 10.3 Å². The molecule has 0 bridgehead atoms. The first kappa shape index (κ1) is 15.6. The van der Waals surface area contributed by atoms with E-state index in [1.807, 2.05) is 19.1 Å². The molecule has 4 nitrogen and oxygen atoms in total. The van der Waals surface area contributed by atoms with Gasteiger partial charge in [-0.2, -0.15) is 5.26 Å². The zero-order valence-electron chi connectivity index (χ0n) is 11.5. The lowest BCUT2D eigenvalue weighted by Gasteiger charge is -2.06. The van der Waals surface area contributed by atoms with Crippen molar-refractivity contribution in [3.8, 4) is 6.07 Å². The van der Waals surface area contributed by atoms with Crippen LogP contribution in [0.25, 0.3) is 0 Å². The normalized spacial score (nSPS) is 11.9. The minimum Gasteiger partial charge on any atom is -0.611 e. The molecule has 1 aromatic carbocycles. The number of carbonyl (C=O) groups excluding carboxylic acids is 1. The SMILES string of the molecule is CCC[S+]([O-])c1sc(C(=O)c2ccccc2)c(N)c1C#N. The van der Waals surface area contributed by atoms with Crippen LogP contribution in [0.4, 0.5) is 5.69 Å². The smallest absolute Gasteiger partial charge is 0.227 e. The van der Waals surface area contributed by atoms with Crippen LogP contribution in [0.15, 0.2) is 34.5 Å². The molecule has 0 aliphatic heterocycles. The van der Waals surface area contributed by atoms with Crippen molar-refractivity contribution in [2.75, 3.05) is 11.5 Å². The number of anilines is 1. The molecule has 0 saturated heterocycles. The Balaban J connectivity index is 2.47. The van der Waals surface area contributed by atoms with E-state index in [9.17, 15) is 14.6 Å². The number of rotatable bonds is 5. The number of ketones is 1. The van der Waals surface area contributed by atoms with Crippen LogP contribution in [0.5, 0.6) is 0 Å². The topological polar surface area (TPSA) is 89.9 Å². The highest BCUT2D eigenvalue weighted by atomic mass is 32.2. The third-order valence-corrected chi connectivity index (χ3v) is 6.07. The van der Waals surface area contributed by atoms with Crippen molar-refractivity contribution in [3.05, 3.63) is 46.3 Å². The molecule has 0 amide bonds. The summed E-state index contributed by atoms with van der Waals surface area (Å²) in [6.45, 7) is 1.91. The van der Waals surface area contributed by atoms with Gasteiger partial charge >= 0.3 is 0 Å². The van der Waals surface area contributed by atoms with E-state index in [1.165, 1.54) is 0 Å². The summed E-state index contributed by atoms with van der Waals surface area (Å²) in [5.74, 6) is 0.211. The van der Waals surface area contributed by atoms with Gasteiger partial charge in [-0.05, 0) is 17.6 Å². The van der Waals surface area contributed by atoms with Crippen molar-refractivity contribution in [1.82, 2.24) is 0 Å². The molecule has 2 N–H and O–H groups in total. The first-order valence-corrected chi connectivity index (χ1v) is 8.54. The van der Waals surface area contributed by atoms with Crippen LogP contribution in [-0.4, -0.2) is 16.1 Å². The Morgan fingerprint density at radius 3 is 2.67 bits per heavy atom. The number of nitrogen functional groups attached to an aromatic ring is 1. The molecule has 1 unspecified atom stereocenters. The van der Waals surface area contributed by atoms with Crippen LogP contribution in [0.2, 0.25) is 0 Å². The number of hydrogen-bond acceptors (Lipinski definition) is 5. The first-order valence-electron chi connectivity index (χ1n) is 6.40. The molecule has 1 aromatic heterocycles. The monoisotopic (exact) mass is 318 g/mol. The minimum absolute atomic E-state index is 0.135. The highest BCUT2D eigenvalue weighted by Gasteiger charge is 2.28. The van der Waals surface area contributed by atoms with Gasteiger partial charge in [0, 0.05) is 5.56 Å². The standard InChI is InChI=1S/C15H14N2O2S2/c1-2-8-21(19)15-11(9-16)12(17)14(20-15)13(18)10-6-4-3-5-7-10/h3-7H,2,8,17H2,1H3. The predicted octanol–water partition coefficient (Wildman–Crippen LogP) is 2.95. The number of carbonyl (C=O) groups is 1. The molecule has 0 fully saturated rings. The summed E-state index contributed by atoms with van der Waals surface area (Å²) >= 11 is -0.229. The van der Waals surface area contributed by atoms with Crippen LogP contribution >= 0.6 is 11.3 Å². The van der Waals surface area contributed by atoms with Gasteiger partial charge in [0.15, 0.2) is 0 Å². The summed E-state index contributed by atoms with van der Waals surface area (Å²) in [5.41, 5.74) is 6.73. The van der Waals surface area contributed by atoms with Crippen LogP contribution < -0.4 is 5.73 Å². The van der Waals surface area contributed by atoms with Crippen molar-refractivity contribution < 1.29 is 9.35 Å². The zero-order chi connectivity index (χ0) is 15.4. The van der Waals surface area contributed by atoms with Gasteiger partial charge in [0.1, 0.15) is 22.3 Å². The van der Waals surface area contributed by atoms with E-state index in [0.717, 1.165) is 17.8 Å². The molecule has 108 valence electrons. The summed E-state index contributed by atoms with van der Waals surface area (Å²) in [4.78, 5) is 12.7. The summed E-state index contributed by atoms with van der Waals surface area (Å²) in [6, 6.07) is 10.7. The predicted molar refractivity (Wildman–Crippen MR) is 84.9 cm³/mol. The molecular formula is C15H14N2O2S2. The fourth-order valence-electron chi connectivity index (χ4n) is 1.86. The summed E-state index contributed by atoms with van der Waals surface area (Å²) in [7, 11) is 0. The number of nitriles is 1. The van der Waals surface area contributed by atoms with E-state index in [1.54, 1.807) is 24.3 Å². The van der Waals surface area contributed by atoms with Gasteiger partial charge in [-0.25, -0.2) is 0 Å². The van der Waals surface area contributed by atoms with E-state index >= 15 is 0 Å². The van der Waals surface area contributed by atoms with E-state index in [4.69, 9.17) is 5.73 Å². The summed E-state index contributed by atoms with van der Waals surface area (Å²) in [6.07, 6.45) is 0.733. The van der Waals surface area contributed by atoms with Crippen molar-refractivity contribution in [1.29, 1.82) is 5.26 Å². The Hall–Kier alpha value is -1.81. The molecule has 0 aliphatic carbocycles. The van der Waals surface area contributed by atoms with Gasteiger partial charge in [0.25, 0.3) is 0 Å². The van der Waals surface area contributed by atoms with Crippen LogP contribution in [0.1, 0.15) is 34.1 Å². The first-order chi connectivity index (χ1) is 10.1. The maximum absolute atomic E-state index is 12.5. The molecule has 6 heteroatoms. The lowest BCUT2D eigenvalue weighted by atomic mass is 10.1. The third-order valence-electron chi connectivity index (χ3n) is 2.86. The highest BCUT2D eigenvalue weighted by Crippen LogP contribution is 2.36. The second-order valence-corrected chi connectivity index (χ2v) is 7.15. The van der Waals surface area contributed by atoms with Crippen LogP contribution in [0.3, 0.4) is 0 Å². The summed E-state index contributed by atoms with van der Waals surface area (Å²) in [5, 5.41) is 9.21. The summed E-state index contributed by atoms with van der Waals surface area (Å²) < 4.78 is 12.6. The lowest BCUT2D eigenvalue weighted by molar-refractivity contribution is 0.104. The number of nitrogens with two attached hydrogens (primary N) is 1. The third kappa shape index (κ3) is 3.10. The quantitative estimate of drug-likeness (QED) is 0.678. The van der Waals surface area contributed by atoms with Crippen molar-refractivity contribution >= 4 is 34.0 Å². The van der Waals surface area contributed by atoms with Crippen LogP contribution in [-0.2, 0) is 11.2 Å². The lowest BCUT2D eigenvalue weighted by Crippen LogP contribution is -2.05. The van der Waals surface area contributed by atoms with Crippen molar-refractivity contribution in [2.24, 2.45) is 0 Å². The molecule has 1 heterocycles. The molecule has 21 heavy (non-hydrogen) atoms. The molecular weight excluding hydrogens is 304 g/mol. The Morgan fingerprint density at radius 1 is 1.43 bits per heavy atom. The Kier molecular flexibility index (Phi) is 5.02. The van der Waals surface area contributed by atoms with Crippen molar-refractivity contribution in [3.63, 3.8) is 0 Å². The van der Waals surface area contributed by atoms with E-state index in [-0.39, 0.29) is 21.9 Å². The second kappa shape index (κ2) is 6.76. The molecule has 0 radical (unpaired) electrons. The van der Waals surface area contributed by atoms with Crippen LogP contribution in [0, 0.1) is 11.3 Å². The molecule has 2 rings (SSSR count). The van der Waals surface area contributed by atoms with Gasteiger partial charge in [0.05, 0.1) is 5.69 Å². The Morgan fingerprint density at radius 2 is 2.10 bits per heavy atom. The van der Waals surface area contributed by atoms with Gasteiger partial charge in [-0.15, -0.1) is 0 Å². The number of nitrogens with zero attached hydrogens (tertiary/aromatic N) is 1. The highest BCUT2D eigenvalue weighted by molar-refractivity contribution is 7.93. The maximum Gasteiger partial charge on any atom is 0.227 e. The molecule has 1 atom stereocenters. The minimum atomic E-state index is -1.29. The number of hydrogen-bond donors (Lipinski definition) is 1. The average molecular weight is 318 g/mol. The van der Waals surface area contributed by atoms with E-state index in [2.05, 4.69) is 0 Å². The van der Waals surface area contributed by atoms with Crippen molar-refractivity contribution in [2.45, 2.75) is 17.6 Å². The van der Waals surface area contributed by atoms with E-state index in [0.29, 0.717) is 15.5 Å². The molecule has 0 aliphatic rings. The van der Waals surface area contributed by atoms with Gasteiger partial charge in [-0.3, -0.25) is 4.79 Å². The number of benzene rings is 1. The Bertz CT molecular complexity index is 690. The molecule has 2 aromatic rings. The second-order valence-electron chi connectivity index (χ2n) is 4.36. The fraction of sp³-hybridized carbons (Fsp3) is 0.200. The largest absolute Gasteiger partial charge is 0.611 e. The maximum atomic E-state index is 12.5. The fourth-order valence-corrected chi connectivity index (χ4v) is 4.53.